The van der Waals surface area contributed by atoms with E-state index in [0.717, 1.165) is 16.9 Å². The highest BCUT2D eigenvalue weighted by Gasteiger charge is 2.15. The van der Waals surface area contributed by atoms with Crippen molar-refractivity contribution in [3.63, 3.8) is 0 Å². The highest BCUT2D eigenvalue weighted by molar-refractivity contribution is 7.13. The maximum Gasteiger partial charge on any atom is 0.335 e. The first-order valence-electron chi connectivity index (χ1n) is 11.4. The Morgan fingerprint density at radius 3 is 2.26 bits per heavy atom. The average Bonchev–Trinajstić information content (AvgIpc) is 3.35. The van der Waals surface area contributed by atoms with Gasteiger partial charge in [0.2, 0.25) is 0 Å². The summed E-state index contributed by atoms with van der Waals surface area (Å²) in [7, 11) is 0. The summed E-state index contributed by atoms with van der Waals surface area (Å²) in [5.41, 5.74) is 3.81. The predicted molar refractivity (Wildman–Crippen MR) is 136 cm³/mol. The van der Waals surface area contributed by atoms with Crippen molar-refractivity contribution in [1.82, 2.24) is 15.0 Å². The molecule has 8 heteroatoms. The van der Waals surface area contributed by atoms with Gasteiger partial charge < -0.3 is 10.2 Å². The Morgan fingerprint density at radius 2 is 1.57 bits per heavy atom. The van der Waals surface area contributed by atoms with Crippen LogP contribution in [0.3, 0.4) is 0 Å². The van der Waals surface area contributed by atoms with Gasteiger partial charge in [-0.3, -0.25) is 9.97 Å². The molecule has 0 saturated carbocycles. The molecule has 4 aromatic rings. The second-order valence-electron chi connectivity index (χ2n) is 8.23. The van der Waals surface area contributed by atoms with Crippen LogP contribution in [0.2, 0.25) is 0 Å². The van der Waals surface area contributed by atoms with E-state index in [1.54, 1.807) is 17.5 Å². The lowest BCUT2D eigenvalue weighted by Gasteiger charge is -2.08. The van der Waals surface area contributed by atoms with Gasteiger partial charge in [-0.15, -0.1) is 11.3 Å². The molecule has 4 aromatic heterocycles. The van der Waals surface area contributed by atoms with E-state index in [2.05, 4.69) is 33.3 Å². The number of hydrogen-bond donors (Lipinski definition) is 2. The van der Waals surface area contributed by atoms with Crippen molar-refractivity contribution in [2.24, 2.45) is 0 Å². The summed E-state index contributed by atoms with van der Waals surface area (Å²) in [4.78, 5) is 37.4. The van der Waals surface area contributed by atoms with Crippen LogP contribution in [0, 0.1) is 0 Å². The summed E-state index contributed by atoms with van der Waals surface area (Å²) in [6.45, 7) is 2.21. The average molecular weight is 488 g/mol. The Hall–Kier alpha value is -3.91. The molecule has 0 spiro atoms. The normalized spacial score (nSPS) is 10.9. The van der Waals surface area contributed by atoms with Crippen molar-refractivity contribution in [1.29, 1.82) is 0 Å². The number of rotatable bonds is 10. The fourth-order valence-corrected chi connectivity index (χ4v) is 4.67. The summed E-state index contributed by atoms with van der Waals surface area (Å²) in [5.74, 6) is -2.22. The van der Waals surface area contributed by atoms with Crippen LogP contribution >= 0.6 is 11.3 Å². The Balaban J connectivity index is 1.60. The zero-order valence-corrected chi connectivity index (χ0v) is 20.1. The number of nitrogens with zero attached hydrogens (tertiary/aromatic N) is 3. The maximum atomic E-state index is 11.7. The fourth-order valence-electron chi connectivity index (χ4n) is 3.73. The zero-order valence-electron chi connectivity index (χ0n) is 19.3. The number of carboxylic acids is 2. The molecule has 4 rings (SSSR count). The minimum absolute atomic E-state index is 0.0179. The van der Waals surface area contributed by atoms with Gasteiger partial charge in [-0.2, -0.15) is 0 Å². The summed E-state index contributed by atoms with van der Waals surface area (Å²) in [6, 6.07) is 11.5. The lowest BCUT2D eigenvalue weighted by molar-refractivity contribution is 0.0686. The minimum atomic E-state index is -1.12. The van der Waals surface area contributed by atoms with Crippen LogP contribution < -0.4 is 0 Å². The number of thiophene rings is 1. The molecule has 0 radical (unpaired) electrons. The van der Waals surface area contributed by atoms with E-state index >= 15 is 0 Å². The SMILES string of the molecule is CCCCCCc1csc(-c2ccc(-c3cc(C(=O)O)cc(-c4cc(C(=O)O)ccn4)n3)nc2)c1. The first-order valence-corrected chi connectivity index (χ1v) is 12.3. The summed E-state index contributed by atoms with van der Waals surface area (Å²) in [6.07, 6.45) is 9.14. The van der Waals surface area contributed by atoms with Gasteiger partial charge in [-0.1, -0.05) is 26.2 Å². The number of carboxylic acid groups (broad SMARTS) is 2. The van der Waals surface area contributed by atoms with Crippen molar-refractivity contribution in [3.8, 4) is 33.2 Å². The predicted octanol–water partition coefficient (Wildman–Crippen LogP) is 6.45. The van der Waals surface area contributed by atoms with Crippen LogP contribution in [-0.2, 0) is 6.42 Å². The van der Waals surface area contributed by atoms with Crippen LogP contribution in [0.5, 0.6) is 0 Å². The molecule has 35 heavy (non-hydrogen) atoms. The van der Waals surface area contributed by atoms with Gasteiger partial charge in [0.25, 0.3) is 0 Å². The van der Waals surface area contributed by atoms with Crippen molar-refractivity contribution < 1.29 is 19.8 Å². The van der Waals surface area contributed by atoms with Gasteiger partial charge in [0.05, 0.1) is 33.9 Å². The molecule has 0 amide bonds. The molecular formula is C27H25N3O4S. The van der Waals surface area contributed by atoms with Crippen molar-refractivity contribution >= 4 is 23.3 Å². The second-order valence-corrected chi connectivity index (χ2v) is 9.14. The van der Waals surface area contributed by atoms with Crippen LogP contribution in [0.15, 0.2) is 60.2 Å². The van der Waals surface area contributed by atoms with E-state index in [1.807, 2.05) is 12.1 Å². The molecule has 7 nitrogen and oxygen atoms in total. The van der Waals surface area contributed by atoms with E-state index in [1.165, 1.54) is 61.7 Å². The Bertz CT molecular complexity index is 1350. The maximum absolute atomic E-state index is 11.7. The highest BCUT2D eigenvalue weighted by Crippen LogP contribution is 2.30. The minimum Gasteiger partial charge on any atom is -0.478 e. The number of hydrogen-bond acceptors (Lipinski definition) is 6. The van der Waals surface area contributed by atoms with Gasteiger partial charge in [-0.25, -0.2) is 14.6 Å². The smallest absolute Gasteiger partial charge is 0.335 e. The lowest BCUT2D eigenvalue weighted by atomic mass is 10.1. The van der Waals surface area contributed by atoms with Crippen molar-refractivity contribution in [2.75, 3.05) is 0 Å². The third kappa shape index (κ3) is 5.96. The van der Waals surface area contributed by atoms with Gasteiger partial charge in [0.15, 0.2) is 0 Å². The molecule has 0 fully saturated rings. The van der Waals surface area contributed by atoms with Crippen LogP contribution in [0.25, 0.3) is 33.2 Å². The number of aromatic nitrogens is 3. The first kappa shape index (κ1) is 24.2. The van der Waals surface area contributed by atoms with Crippen molar-refractivity contribution in [3.05, 3.63) is 76.9 Å². The number of carbonyl (C=O) groups is 2. The van der Waals surface area contributed by atoms with Gasteiger partial charge in [0.1, 0.15) is 0 Å². The molecule has 0 aromatic carbocycles. The second kappa shape index (κ2) is 11.0. The number of unbranched alkanes of at least 4 members (excludes halogenated alkanes) is 3. The summed E-state index contributed by atoms with van der Waals surface area (Å²) in [5, 5.41) is 21.1. The van der Waals surface area contributed by atoms with E-state index in [9.17, 15) is 19.8 Å². The third-order valence-corrected chi connectivity index (χ3v) is 6.65. The molecule has 2 N–H and O–H groups in total. The third-order valence-electron chi connectivity index (χ3n) is 5.62. The Morgan fingerprint density at radius 1 is 0.829 bits per heavy atom. The Labute approximate surface area is 207 Å². The van der Waals surface area contributed by atoms with E-state index in [-0.39, 0.29) is 22.5 Å². The van der Waals surface area contributed by atoms with Gasteiger partial charge in [0, 0.05) is 22.8 Å². The van der Waals surface area contributed by atoms with E-state index in [0.29, 0.717) is 11.4 Å². The summed E-state index contributed by atoms with van der Waals surface area (Å²) < 4.78 is 0. The molecule has 0 unspecified atom stereocenters. The first-order chi connectivity index (χ1) is 16.9. The molecule has 0 atom stereocenters. The molecule has 0 bridgehead atoms. The lowest BCUT2D eigenvalue weighted by Crippen LogP contribution is -2.02. The molecule has 178 valence electrons. The number of aromatic carboxylic acids is 2. The molecule has 0 aliphatic heterocycles. The van der Waals surface area contributed by atoms with Gasteiger partial charge >= 0.3 is 11.9 Å². The van der Waals surface area contributed by atoms with Gasteiger partial charge in [-0.05, 0) is 66.2 Å². The van der Waals surface area contributed by atoms with Crippen molar-refractivity contribution in [2.45, 2.75) is 39.0 Å². The molecule has 0 aliphatic carbocycles. The Kier molecular flexibility index (Phi) is 7.62. The highest BCUT2D eigenvalue weighted by atomic mass is 32.1. The monoisotopic (exact) mass is 487 g/mol. The largest absolute Gasteiger partial charge is 0.478 e. The van der Waals surface area contributed by atoms with E-state index in [4.69, 9.17) is 0 Å². The number of aryl methyl sites for hydroxylation is 1. The topological polar surface area (TPSA) is 113 Å². The standard InChI is InChI=1S/C27H25N3O4S/c1-2-3-4-5-6-17-11-25(35-16-17)19-7-8-21(29-15-19)23-13-20(27(33)34)14-24(30-23)22-12-18(26(31)32)9-10-28-22/h7-16H,2-6H2,1H3,(H,31,32)(H,33,34). The summed E-state index contributed by atoms with van der Waals surface area (Å²) >= 11 is 1.69. The van der Waals surface area contributed by atoms with E-state index < -0.39 is 11.9 Å². The molecule has 0 saturated heterocycles. The van der Waals surface area contributed by atoms with Crippen LogP contribution in [0.1, 0.15) is 58.9 Å². The number of pyridine rings is 3. The fraction of sp³-hybridized carbons (Fsp3) is 0.222. The van der Waals surface area contributed by atoms with Crippen LogP contribution in [0.4, 0.5) is 0 Å². The molecule has 0 aliphatic rings. The molecule has 4 heterocycles. The molecular weight excluding hydrogens is 462 g/mol. The van der Waals surface area contributed by atoms with Crippen LogP contribution in [-0.4, -0.2) is 37.1 Å². The quantitative estimate of drug-likeness (QED) is 0.247. The zero-order chi connectivity index (χ0) is 24.8.